The van der Waals surface area contributed by atoms with Crippen molar-refractivity contribution in [2.45, 2.75) is 6.54 Å². The lowest BCUT2D eigenvalue weighted by Crippen LogP contribution is -2.23. The van der Waals surface area contributed by atoms with Crippen molar-refractivity contribution in [2.24, 2.45) is 0 Å². The molecule has 6 nitrogen and oxygen atoms in total. The van der Waals surface area contributed by atoms with Crippen LogP contribution in [0.4, 0.5) is 5.69 Å². The van der Waals surface area contributed by atoms with Crippen LogP contribution in [0, 0.1) is 10.1 Å². The third-order valence-corrected chi connectivity index (χ3v) is 3.38. The molecule has 2 N–H and O–H groups in total. The van der Waals surface area contributed by atoms with Crippen LogP contribution in [0.2, 0.25) is 0 Å². The maximum atomic E-state index is 12.3. The van der Waals surface area contributed by atoms with Crippen LogP contribution in [0.15, 0.2) is 54.6 Å². The Balaban J connectivity index is 1.90. The van der Waals surface area contributed by atoms with Gasteiger partial charge in [0.05, 0.1) is 15.8 Å². The van der Waals surface area contributed by atoms with E-state index < -0.39 is 10.8 Å². The van der Waals surface area contributed by atoms with Crippen LogP contribution in [-0.2, 0) is 6.54 Å². The minimum Gasteiger partial charge on any atom is -0.346 e. The van der Waals surface area contributed by atoms with Crippen LogP contribution >= 0.6 is 0 Å². The number of H-pyrrole nitrogens is 1. The predicted molar refractivity (Wildman–Crippen MR) is 82.6 cm³/mol. The third-order valence-electron chi connectivity index (χ3n) is 3.38. The number of hydrogen-bond acceptors (Lipinski definition) is 3. The highest BCUT2D eigenvalue weighted by molar-refractivity contribution is 6.05. The van der Waals surface area contributed by atoms with Gasteiger partial charge in [-0.05, 0) is 17.7 Å². The maximum absolute atomic E-state index is 12.3. The summed E-state index contributed by atoms with van der Waals surface area (Å²) in [4.78, 5) is 25.8. The summed E-state index contributed by atoms with van der Waals surface area (Å²) in [6.07, 6.45) is 0. The molecule has 0 aliphatic heterocycles. The molecule has 2 aromatic carbocycles. The summed E-state index contributed by atoms with van der Waals surface area (Å²) >= 11 is 0. The van der Waals surface area contributed by atoms with Gasteiger partial charge >= 0.3 is 5.69 Å². The standard InChI is InChI=1S/C16H13N3O3/c20-16(17-10-11-6-2-1-3-7-11)14-15(19(21)22)12-8-4-5-9-13(12)18-14/h1-9,18H,10H2,(H,17,20). The number of carbonyl (C=O) groups excluding carboxylic acids is 1. The second-order valence-electron chi connectivity index (χ2n) is 4.82. The molecule has 1 aromatic heterocycles. The van der Waals surface area contributed by atoms with Crippen molar-refractivity contribution in [1.82, 2.24) is 10.3 Å². The maximum Gasteiger partial charge on any atom is 0.307 e. The van der Waals surface area contributed by atoms with Crippen molar-refractivity contribution in [3.63, 3.8) is 0 Å². The zero-order valence-electron chi connectivity index (χ0n) is 11.6. The Labute approximate surface area is 125 Å². The van der Waals surface area contributed by atoms with E-state index in [4.69, 9.17) is 0 Å². The molecule has 1 amide bonds. The molecule has 1 heterocycles. The quantitative estimate of drug-likeness (QED) is 0.573. The van der Waals surface area contributed by atoms with Gasteiger partial charge in [-0.25, -0.2) is 0 Å². The minimum absolute atomic E-state index is 0.0258. The van der Waals surface area contributed by atoms with Gasteiger partial charge in [0.1, 0.15) is 0 Å². The number of aromatic nitrogens is 1. The highest BCUT2D eigenvalue weighted by Crippen LogP contribution is 2.29. The Bertz CT molecular complexity index is 840. The molecule has 6 heteroatoms. The monoisotopic (exact) mass is 295 g/mol. The topological polar surface area (TPSA) is 88.0 Å². The van der Waals surface area contributed by atoms with Gasteiger partial charge in [0, 0.05) is 6.54 Å². The van der Waals surface area contributed by atoms with Crippen molar-refractivity contribution in [1.29, 1.82) is 0 Å². The number of nitro groups is 1. The van der Waals surface area contributed by atoms with Crippen molar-refractivity contribution in [2.75, 3.05) is 0 Å². The third kappa shape index (κ3) is 2.54. The molecule has 0 aliphatic rings. The summed E-state index contributed by atoms with van der Waals surface area (Å²) in [6.45, 7) is 0.312. The number of aromatic amines is 1. The molecule has 3 aromatic rings. The fraction of sp³-hybridized carbons (Fsp3) is 0.0625. The average Bonchev–Trinajstić information content (AvgIpc) is 2.93. The summed E-state index contributed by atoms with van der Waals surface area (Å²) in [6, 6.07) is 16.2. The molecular weight excluding hydrogens is 282 g/mol. The number of amides is 1. The number of fused-ring (bicyclic) bond motifs is 1. The van der Waals surface area contributed by atoms with E-state index in [0.717, 1.165) is 5.56 Å². The first-order valence-corrected chi connectivity index (χ1v) is 6.74. The molecule has 0 saturated heterocycles. The molecule has 3 rings (SSSR count). The number of para-hydroxylation sites is 1. The molecule has 0 fully saturated rings. The van der Waals surface area contributed by atoms with Crippen LogP contribution in [-0.4, -0.2) is 15.8 Å². The summed E-state index contributed by atoms with van der Waals surface area (Å²) in [5, 5.41) is 14.4. The highest BCUT2D eigenvalue weighted by atomic mass is 16.6. The van der Waals surface area contributed by atoms with Gasteiger partial charge in [-0.2, -0.15) is 0 Å². The van der Waals surface area contributed by atoms with Crippen molar-refractivity contribution in [3.8, 4) is 0 Å². The van der Waals surface area contributed by atoms with Crippen molar-refractivity contribution >= 4 is 22.5 Å². The van der Waals surface area contributed by atoms with Crippen LogP contribution in [0.25, 0.3) is 10.9 Å². The van der Waals surface area contributed by atoms with Crippen LogP contribution < -0.4 is 5.32 Å². The lowest BCUT2D eigenvalue weighted by atomic mass is 10.2. The molecular formula is C16H13N3O3. The Morgan fingerprint density at radius 1 is 1.09 bits per heavy atom. The molecule has 0 aliphatic carbocycles. The fourth-order valence-corrected chi connectivity index (χ4v) is 2.35. The van der Waals surface area contributed by atoms with E-state index in [9.17, 15) is 14.9 Å². The van der Waals surface area contributed by atoms with Crippen LogP contribution in [0.1, 0.15) is 16.1 Å². The Morgan fingerprint density at radius 3 is 2.50 bits per heavy atom. The van der Waals surface area contributed by atoms with Crippen molar-refractivity contribution < 1.29 is 9.72 Å². The lowest BCUT2D eigenvalue weighted by Gasteiger charge is -2.03. The molecule has 0 spiro atoms. The Kier molecular flexibility index (Phi) is 3.57. The summed E-state index contributed by atoms with van der Waals surface area (Å²) in [5.41, 5.74) is 1.27. The first kappa shape index (κ1) is 13.8. The molecule has 0 saturated carbocycles. The van der Waals surface area contributed by atoms with E-state index >= 15 is 0 Å². The zero-order valence-corrected chi connectivity index (χ0v) is 11.6. The molecule has 110 valence electrons. The molecule has 0 unspecified atom stereocenters. The summed E-state index contributed by atoms with van der Waals surface area (Å²) in [5.74, 6) is -0.494. The normalized spacial score (nSPS) is 10.5. The van der Waals surface area contributed by atoms with Gasteiger partial charge in [-0.15, -0.1) is 0 Å². The van der Waals surface area contributed by atoms with E-state index in [2.05, 4.69) is 10.3 Å². The van der Waals surface area contributed by atoms with Crippen molar-refractivity contribution in [3.05, 3.63) is 76.0 Å². The van der Waals surface area contributed by atoms with E-state index in [0.29, 0.717) is 17.4 Å². The van der Waals surface area contributed by atoms with E-state index in [1.165, 1.54) is 0 Å². The van der Waals surface area contributed by atoms with Gasteiger partial charge < -0.3 is 10.3 Å². The Morgan fingerprint density at radius 2 is 1.77 bits per heavy atom. The first-order valence-electron chi connectivity index (χ1n) is 6.74. The number of benzene rings is 2. The van der Waals surface area contributed by atoms with Gasteiger partial charge in [-0.1, -0.05) is 42.5 Å². The van der Waals surface area contributed by atoms with E-state index in [1.807, 2.05) is 30.3 Å². The minimum atomic E-state index is -0.531. The lowest BCUT2D eigenvalue weighted by molar-refractivity contribution is -0.383. The second-order valence-corrected chi connectivity index (χ2v) is 4.82. The van der Waals surface area contributed by atoms with E-state index in [-0.39, 0.29) is 11.4 Å². The molecule has 22 heavy (non-hydrogen) atoms. The largest absolute Gasteiger partial charge is 0.346 e. The smallest absolute Gasteiger partial charge is 0.307 e. The van der Waals surface area contributed by atoms with Crippen LogP contribution in [0.5, 0.6) is 0 Å². The number of nitrogens with one attached hydrogen (secondary N) is 2. The van der Waals surface area contributed by atoms with E-state index in [1.54, 1.807) is 24.3 Å². The molecule has 0 atom stereocenters. The average molecular weight is 295 g/mol. The van der Waals surface area contributed by atoms with Gasteiger partial charge in [-0.3, -0.25) is 14.9 Å². The summed E-state index contributed by atoms with van der Waals surface area (Å²) in [7, 11) is 0. The summed E-state index contributed by atoms with van der Waals surface area (Å²) < 4.78 is 0. The number of rotatable bonds is 4. The predicted octanol–water partition coefficient (Wildman–Crippen LogP) is 3.01. The van der Waals surface area contributed by atoms with Crippen LogP contribution in [0.3, 0.4) is 0 Å². The Hall–Kier alpha value is -3.15. The fourth-order valence-electron chi connectivity index (χ4n) is 2.35. The number of nitrogens with zero attached hydrogens (tertiary/aromatic N) is 1. The molecule has 0 radical (unpaired) electrons. The van der Waals surface area contributed by atoms with Gasteiger partial charge in [0.2, 0.25) is 0 Å². The highest BCUT2D eigenvalue weighted by Gasteiger charge is 2.26. The second kappa shape index (κ2) is 5.69. The zero-order chi connectivity index (χ0) is 15.5. The number of hydrogen-bond donors (Lipinski definition) is 2. The van der Waals surface area contributed by atoms with Gasteiger partial charge in [0.25, 0.3) is 5.91 Å². The van der Waals surface area contributed by atoms with Gasteiger partial charge in [0.15, 0.2) is 5.69 Å². The number of carbonyl (C=O) groups is 1. The first-order chi connectivity index (χ1) is 10.7. The molecule has 0 bridgehead atoms. The SMILES string of the molecule is O=C(NCc1ccccc1)c1[nH]c2ccccc2c1[N+](=O)[O-].